The Morgan fingerprint density at radius 3 is 2.48 bits per heavy atom. The zero-order valence-electron chi connectivity index (χ0n) is 15.5. The van der Waals surface area contributed by atoms with E-state index in [9.17, 15) is 22.8 Å². The van der Waals surface area contributed by atoms with E-state index in [1.165, 1.54) is 17.0 Å². The third-order valence-corrected chi connectivity index (χ3v) is 5.72. The van der Waals surface area contributed by atoms with Crippen LogP contribution < -0.4 is 10.2 Å². The van der Waals surface area contributed by atoms with Crippen molar-refractivity contribution in [3.8, 4) is 0 Å². The summed E-state index contributed by atoms with van der Waals surface area (Å²) in [6, 6.07) is 4.59. The monoisotopic (exact) mass is 384 g/mol. The second-order valence-corrected chi connectivity index (χ2v) is 7.77. The minimum absolute atomic E-state index is 0.0999. The van der Waals surface area contributed by atoms with Gasteiger partial charge in [-0.15, -0.1) is 0 Å². The van der Waals surface area contributed by atoms with Gasteiger partial charge in [0.05, 0.1) is 12.6 Å². The fraction of sp³-hybridized carbons (Fsp3) is 0.579. The molecule has 1 saturated heterocycles. The molecule has 1 heterocycles. The molecule has 0 aromatic heterocycles. The Bertz CT molecular complexity index is 720. The number of quaternary nitrogens is 1. The highest BCUT2D eigenvalue weighted by Crippen LogP contribution is 2.37. The van der Waals surface area contributed by atoms with Gasteiger partial charge in [-0.3, -0.25) is 4.79 Å². The molecule has 2 fully saturated rings. The average Bonchev–Trinajstić information content (AvgIpc) is 2.82. The van der Waals surface area contributed by atoms with Crippen molar-refractivity contribution in [3.05, 3.63) is 35.4 Å². The quantitative estimate of drug-likeness (QED) is 0.782. The molecular weight excluding hydrogens is 359 g/mol. The van der Waals surface area contributed by atoms with Crippen molar-refractivity contribution in [2.75, 3.05) is 13.7 Å². The van der Waals surface area contributed by atoms with Crippen LogP contribution in [-0.2, 0) is 17.5 Å². The molecule has 1 aromatic carbocycles. The lowest BCUT2D eigenvalue weighted by atomic mass is 9.73. The minimum Gasteiger partial charge on any atom is -0.323 e. The smallest absolute Gasteiger partial charge is 0.323 e. The number of halogens is 3. The molecule has 1 aromatic rings. The van der Waals surface area contributed by atoms with E-state index in [0.717, 1.165) is 36.3 Å². The Morgan fingerprint density at radius 2 is 1.89 bits per heavy atom. The second-order valence-electron chi connectivity index (χ2n) is 7.77. The number of alkyl halides is 3. The van der Waals surface area contributed by atoms with Gasteiger partial charge in [-0.05, 0) is 30.9 Å². The maximum Gasteiger partial charge on any atom is 0.416 e. The van der Waals surface area contributed by atoms with Crippen LogP contribution in [0, 0.1) is 5.92 Å². The van der Waals surface area contributed by atoms with Crippen LogP contribution >= 0.6 is 0 Å². The first-order valence-corrected chi connectivity index (χ1v) is 9.25. The molecule has 2 aliphatic rings. The summed E-state index contributed by atoms with van der Waals surface area (Å²) >= 11 is 0. The fourth-order valence-electron chi connectivity index (χ4n) is 4.12. The molecule has 5 nitrogen and oxygen atoms in total. The van der Waals surface area contributed by atoms with Gasteiger partial charge in [0.15, 0.2) is 6.67 Å². The van der Waals surface area contributed by atoms with Crippen LogP contribution in [0.25, 0.3) is 0 Å². The topological polar surface area (TPSA) is 53.9 Å². The van der Waals surface area contributed by atoms with E-state index < -0.39 is 17.3 Å². The van der Waals surface area contributed by atoms with E-state index >= 15 is 0 Å². The summed E-state index contributed by atoms with van der Waals surface area (Å²) in [5.74, 6) is -0.0746. The van der Waals surface area contributed by atoms with Gasteiger partial charge in [0.25, 0.3) is 5.91 Å². The molecular formula is C19H25F3N3O2+. The number of imide groups is 1. The number of benzene rings is 1. The van der Waals surface area contributed by atoms with Gasteiger partial charge in [-0.2, -0.15) is 13.2 Å². The van der Waals surface area contributed by atoms with Crippen LogP contribution in [0.1, 0.15) is 43.7 Å². The molecule has 27 heavy (non-hydrogen) atoms. The fourth-order valence-corrected chi connectivity index (χ4v) is 4.12. The van der Waals surface area contributed by atoms with Gasteiger partial charge in [0.1, 0.15) is 12.1 Å². The molecule has 148 valence electrons. The van der Waals surface area contributed by atoms with E-state index in [0.29, 0.717) is 18.5 Å². The molecule has 3 amide bonds. The van der Waals surface area contributed by atoms with Gasteiger partial charge >= 0.3 is 12.2 Å². The molecule has 1 unspecified atom stereocenters. The number of nitrogens with zero attached hydrogens (tertiary/aromatic N) is 1. The lowest BCUT2D eigenvalue weighted by Gasteiger charge is -2.36. The lowest BCUT2D eigenvalue weighted by molar-refractivity contribution is -0.901. The number of nitrogens with one attached hydrogen (secondary N) is 2. The van der Waals surface area contributed by atoms with Crippen molar-refractivity contribution in [2.45, 2.75) is 50.9 Å². The molecule has 1 spiro atoms. The predicted molar refractivity (Wildman–Crippen MR) is 92.6 cm³/mol. The van der Waals surface area contributed by atoms with E-state index in [-0.39, 0.29) is 24.5 Å². The standard InChI is InChI=1S/C19H24F3N3O2/c1-13-5-3-4-10-18(13)16(26)25(17(27)23-18)12-24(2)11-14-6-8-15(9-7-14)19(20,21)22/h6-9,13H,3-5,10-12H2,1-2H3,(H,23,27)/p+1/t13-,18-/m1/s1. The summed E-state index contributed by atoms with van der Waals surface area (Å²) in [7, 11) is 1.81. The largest absolute Gasteiger partial charge is 0.416 e. The summed E-state index contributed by atoms with van der Waals surface area (Å²) in [6.45, 7) is 2.59. The maximum absolute atomic E-state index is 13.0. The molecule has 2 N–H and O–H groups in total. The Labute approximate surface area is 156 Å². The highest BCUT2D eigenvalue weighted by Gasteiger charge is 2.55. The summed E-state index contributed by atoms with van der Waals surface area (Å²) in [4.78, 5) is 27.4. The van der Waals surface area contributed by atoms with Crippen molar-refractivity contribution < 1.29 is 27.7 Å². The van der Waals surface area contributed by atoms with Gasteiger partial charge < -0.3 is 10.2 Å². The van der Waals surface area contributed by atoms with Crippen molar-refractivity contribution >= 4 is 11.9 Å². The normalized spacial score (nSPS) is 27.1. The summed E-state index contributed by atoms with van der Waals surface area (Å²) < 4.78 is 38.0. The molecule has 1 saturated carbocycles. The highest BCUT2D eigenvalue weighted by atomic mass is 19.4. The first kappa shape index (κ1) is 19.7. The number of rotatable bonds is 4. The number of hydrogen-bond donors (Lipinski definition) is 2. The average molecular weight is 384 g/mol. The van der Waals surface area contributed by atoms with Gasteiger partial charge in [0, 0.05) is 5.56 Å². The van der Waals surface area contributed by atoms with Crippen LogP contribution in [0.5, 0.6) is 0 Å². The zero-order chi connectivity index (χ0) is 19.8. The van der Waals surface area contributed by atoms with Gasteiger partial charge in [-0.25, -0.2) is 9.69 Å². The Morgan fingerprint density at radius 1 is 1.22 bits per heavy atom. The van der Waals surface area contributed by atoms with Gasteiger partial charge in [0.2, 0.25) is 0 Å². The Kier molecular flexibility index (Phi) is 5.20. The number of urea groups is 1. The Balaban J connectivity index is 1.64. The van der Waals surface area contributed by atoms with E-state index in [1.54, 1.807) is 0 Å². The highest BCUT2D eigenvalue weighted by molar-refractivity contribution is 6.07. The number of hydrogen-bond acceptors (Lipinski definition) is 2. The molecule has 3 atom stereocenters. The van der Waals surface area contributed by atoms with Crippen molar-refractivity contribution in [2.24, 2.45) is 5.92 Å². The van der Waals surface area contributed by atoms with Crippen LogP contribution in [0.4, 0.5) is 18.0 Å². The predicted octanol–water partition coefficient (Wildman–Crippen LogP) is 2.18. The molecule has 3 rings (SSSR count). The van der Waals surface area contributed by atoms with Crippen LogP contribution in [-0.4, -0.2) is 36.1 Å². The molecule has 8 heteroatoms. The van der Waals surface area contributed by atoms with Crippen LogP contribution in [0.15, 0.2) is 24.3 Å². The van der Waals surface area contributed by atoms with Crippen molar-refractivity contribution in [3.63, 3.8) is 0 Å². The number of carbonyl (C=O) groups is 2. The van der Waals surface area contributed by atoms with Crippen molar-refractivity contribution in [1.82, 2.24) is 10.2 Å². The van der Waals surface area contributed by atoms with E-state index in [4.69, 9.17) is 0 Å². The molecule has 0 bridgehead atoms. The Hall–Kier alpha value is -2.09. The third-order valence-electron chi connectivity index (χ3n) is 5.72. The summed E-state index contributed by atoms with van der Waals surface area (Å²) in [5.41, 5.74) is -0.760. The first-order chi connectivity index (χ1) is 12.6. The first-order valence-electron chi connectivity index (χ1n) is 9.25. The lowest BCUT2D eigenvalue weighted by Crippen LogP contribution is -3.09. The summed E-state index contributed by atoms with van der Waals surface area (Å²) in [5, 5.41) is 2.91. The summed E-state index contributed by atoms with van der Waals surface area (Å²) in [6.07, 6.45) is -0.812. The SMILES string of the molecule is C[C@@H]1CCCC[C@@]12NC(=O)N(C[NH+](C)Cc1ccc(C(F)(F)F)cc1)C2=O. The van der Waals surface area contributed by atoms with Crippen LogP contribution in [0.2, 0.25) is 0 Å². The number of carbonyl (C=O) groups excluding carboxylic acids is 2. The van der Waals surface area contributed by atoms with Gasteiger partial charge in [-0.1, -0.05) is 31.9 Å². The van der Waals surface area contributed by atoms with Crippen molar-refractivity contribution in [1.29, 1.82) is 0 Å². The maximum atomic E-state index is 13.0. The van der Waals surface area contributed by atoms with Crippen LogP contribution in [0.3, 0.4) is 0 Å². The zero-order valence-corrected chi connectivity index (χ0v) is 15.5. The molecule has 1 aliphatic heterocycles. The molecule has 0 radical (unpaired) electrons. The number of amides is 3. The van der Waals surface area contributed by atoms with E-state index in [1.807, 2.05) is 14.0 Å². The molecule has 1 aliphatic carbocycles. The second kappa shape index (κ2) is 7.14. The third kappa shape index (κ3) is 3.81. The minimum atomic E-state index is -4.36. The van der Waals surface area contributed by atoms with E-state index in [2.05, 4.69) is 5.32 Å².